The molecule has 0 aliphatic rings. The Labute approximate surface area is 107 Å². The van der Waals surface area contributed by atoms with Crippen LogP contribution in [0.3, 0.4) is 0 Å². The Morgan fingerprint density at radius 2 is 1.53 bits per heavy atom. The Bertz CT molecular complexity index is 551. The van der Waals surface area contributed by atoms with Crippen LogP contribution in [0.25, 0.3) is 0 Å². The Balaban J connectivity index is 2.56. The summed E-state index contributed by atoms with van der Waals surface area (Å²) in [5.41, 5.74) is 0. The quantitative estimate of drug-likeness (QED) is 0.787. The molecule has 17 heavy (non-hydrogen) atoms. The number of hydrogen-bond donors (Lipinski definition) is 0. The maximum Gasteiger partial charge on any atom is 0.127 e. The van der Waals surface area contributed by atoms with Gasteiger partial charge in [-0.3, -0.25) is 0 Å². The summed E-state index contributed by atoms with van der Waals surface area (Å²) in [5.74, 6) is 0.891. The maximum absolute atomic E-state index is 5.86. The van der Waals surface area contributed by atoms with Gasteiger partial charge in [0.25, 0.3) is 0 Å². The first-order valence-corrected chi connectivity index (χ1v) is 8.68. The Hall–Kier alpha value is -1.11. The van der Waals surface area contributed by atoms with E-state index in [4.69, 9.17) is 16.5 Å². The van der Waals surface area contributed by atoms with E-state index >= 15 is 0 Å². The van der Waals surface area contributed by atoms with Crippen molar-refractivity contribution in [1.29, 1.82) is 0 Å². The van der Waals surface area contributed by atoms with E-state index in [9.17, 15) is 0 Å². The Morgan fingerprint density at radius 1 is 0.941 bits per heavy atom. The monoisotopic (exact) mass is 262 g/mol. The molecular weight excluding hydrogens is 247 g/mol. The molecule has 0 aromatic heterocycles. The van der Waals surface area contributed by atoms with E-state index in [-0.39, 0.29) is 0 Å². The van der Waals surface area contributed by atoms with Gasteiger partial charge in [0.05, 0.1) is 7.11 Å². The highest BCUT2D eigenvalue weighted by Gasteiger charge is 2.19. The van der Waals surface area contributed by atoms with Crippen LogP contribution < -0.4 is 15.3 Å². The molecule has 0 amide bonds. The van der Waals surface area contributed by atoms with Gasteiger partial charge < -0.3 is 4.74 Å². The highest BCUT2D eigenvalue weighted by atomic mass is 32.4. The lowest BCUT2D eigenvalue weighted by molar-refractivity contribution is 0.418. The number of para-hydroxylation sites is 1. The van der Waals surface area contributed by atoms with Crippen molar-refractivity contribution >= 4 is 28.5 Å². The molecule has 0 bridgehead atoms. The number of ether oxygens (including phenoxy) is 1. The second-order valence-electron chi connectivity index (χ2n) is 3.93. The van der Waals surface area contributed by atoms with Gasteiger partial charge in [-0.15, -0.1) is 0 Å². The van der Waals surface area contributed by atoms with Crippen molar-refractivity contribution in [3.63, 3.8) is 0 Å². The van der Waals surface area contributed by atoms with E-state index in [1.165, 1.54) is 5.30 Å². The van der Waals surface area contributed by atoms with Crippen LogP contribution in [0, 0.1) is 0 Å². The zero-order valence-electron chi connectivity index (χ0n) is 9.96. The minimum Gasteiger partial charge on any atom is -0.496 e. The highest BCUT2D eigenvalue weighted by molar-refractivity contribution is 8.21. The lowest BCUT2D eigenvalue weighted by Gasteiger charge is -2.20. The summed E-state index contributed by atoms with van der Waals surface area (Å²) < 4.78 is 5.41. The molecule has 3 heteroatoms. The third kappa shape index (κ3) is 2.43. The molecule has 0 radical (unpaired) electrons. The van der Waals surface area contributed by atoms with Crippen LogP contribution in [0.1, 0.15) is 0 Å². The third-order valence-electron chi connectivity index (χ3n) is 2.79. The van der Waals surface area contributed by atoms with Crippen molar-refractivity contribution < 1.29 is 4.74 Å². The van der Waals surface area contributed by atoms with E-state index in [2.05, 4.69) is 24.9 Å². The van der Waals surface area contributed by atoms with E-state index < -0.39 is 6.04 Å². The summed E-state index contributed by atoms with van der Waals surface area (Å²) >= 11 is 5.86. The summed E-state index contributed by atoms with van der Waals surface area (Å²) in [6, 6.07) is 16.6. The van der Waals surface area contributed by atoms with E-state index in [1.807, 2.05) is 36.4 Å². The SMILES string of the molecule is COc1ccccc1P(C)(=S)c1ccccc1. The fraction of sp³-hybridized carbons (Fsp3) is 0.143. The first-order valence-electron chi connectivity index (χ1n) is 5.43. The van der Waals surface area contributed by atoms with Gasteiger partial charge in [0, 0.05) is 11.3 Å². The largest absolute Gasteiger partial charge is 0.496 e. The highest BCUT2D eigenvalue weighted by Crippen LogP contribution is 2.42. The van der Waals surface area contributed by atoms with Crippen LogP contribution in [-0.4, -0.2) is 13.8 Å². The van der Waals surface area contributed by atoms with Crippen molar-refractivity contribution in [1.82, 2.24) is 0 Å². The van der Waals surface area contributed by atoms with Gasteiger partial charge in [-0.05, 0) is 24.1 Å². The molecule has 0 aliphatic heterocycles. The van der Waals surface area contributed by atoms with Gasteiger partial charge in [-0.2, -0.15) is 0 Å². The summed E-state index contributed by atoms with van der Waals surface area (Å²) in [4.78, 5) is 0. The number of methoxy groups -OCH3 is 1. The smallest absolute Gasteiger partial charge is 0.127 e. The molecule has 0 saturated carbocycles. The minimum atomic E-state index is -1.74. The van der Waals surface area contributed by atoms with Crippen molar-refractivity contribution in [2.75, 3.05) is 13.8 Å². The lowest BCUT2D eigenvalue weighted by atomic mass is 10.3. The molecule has 0 fully saturated rings. The molecule has 0 aliphatic carbocycles. The fourth-order valence-corrected chi connectivity index (χ4v) is 4.63. The first-order chi connectivity index (χ1) is 8.16. The molecular formula is C14H15OPS. The predicted molar refractivity (Wildman–Crippen MR) is 78.9 cm³/mol. The van der Waals surface area contributed by atoms with Crippen molar-refractivity contribution in [3.8, 4) is 5.75 Å². The van der Waals surface area contributed by atoms with Crippen LogP contribution in [0.4, 0.5) is 0 Å². The number of rotatable bonds is 3. The van der Waals surface area contributed by atoms with Crippen molar-refractivity contribution in [3.05, 3.63) is 54.6 Å². The van der Waals surface area contributed by atoms with Crippen molar-refractivity contribution in [2.24, 2.45) is 0 Å². The summed E-state index contributed by atoms with van der Waals surface area (Å²) in [7, 11) is 1.69. The molecule has 1 unspecified atom stereocenters. The van der Waals surface area contributed by atoms with Crippen LogP contribution in [-0.2, 0) is 11.8 Å². The van der Waals surface area contributed by atoms with Crippen LogP contribution >= 0.6 is 6.04 Å². The molecule has 0 saturated heterocycles. The molecule has 0 N–H and O–H groups in total. The van der Waals surface area contributed by atoms with Gasteiger partial charge in [0.2, 0.25) is 0 Å². The van der Waals surface area contributed by atoms with Crippen LogP contribution in [0.15, 0.2) is 54.6 Å². The van der Waals surface area contributed by atoms with E-state index in [1.54, 1.807) is 7.11 Å². The maximum atomic E-state index is 5.86. The van der Waals surface area contributed by atoms with Crippen LogP contribution in [0.5, 0.6) is 5.75 Å². The van der Waals surface area contributed by atoms with Gasteiger partial charge in [-0.1, -0.05) is 54.3 Å². The molecule has 2 aromatic rings. The topological polar surface area (TPSA) is 9.23 Å². The molecule has 1 atom stereocenters. The predicted octanol–water partition coefficient (Wildman–Crippen LogP) is 2.76. The molecule has 88 valence electrons. The van der Waals surface area contributed by atoms with Gasteiger partial charge in [-0.25, -0.2) is 0 Å². The molecule has 2 aromatic carbocycles. The van der Waals surface area contributed by atoms with E-state index in [0.717, 1.165) is 11.1 Å². The summed E-state index contributed by atoms with van der Waals surface area (Å²) in [5, 5.41) is 2.36. The molecule has 1 nitrogen and oxygen atoms in total. The third-order valence-corrected chi connectivity index (χ3v) is 6.59. The standard InChI is InChI=1S/C14H15OPS/c1-15-13-10-6-7-11-14(13)16(2,17)12-8-4-3-5-9-12/h3-11H,1-2H3. The number of benzene rings is 2. The Morgan fingerprint density at radius 3 is 2.18 bits per heavy atom. The van der Waals surface area contributed by atoms with Crippen molar-refractivity contribution in [2.45, 2.75) is 0 Å². The summed E-state index contributed by atoms with van der Waals surface area (Å²) in [6.45, 7) is 2.15. The second kappa shape index (κ2) is 5.03. The van der Waals surface area contributed by atoms with Crippen LogP contribution in [0.2, 0.25) is 0 Å². The lowest BCUT2D eigenvalue weighted by Crippen LogP contribution is -2.16. The zero-order chi connectivity index (χ0) is 12.3. The molecule has 0 heterocycles. The second-order valence-corrected chi connectivity index (χ2v) is 8.97. The average Bonchev–Trinajstić information content (AvgIpc) is 2.39. The normalized spacial score (nSPS) is 14.0. The first kappa shape index (κ1) is 12.3. The summed E-state index contributed by atoms with van der Waals surface area (Å²) in [6.07, 6.45) is 0. The minimum absolute atomic E-state index is 0.891. The van der Waals surface area contributed by atoms with Gasteiger partial charge >= 0.3 is 0 Å². The van der Waals surface area contributed by atoms with Gasteiger partial charge in [0.15, 0.2) is 0 Å². The number of hydrogen-bond acceptors (Lipinski definition) is 2. The molecule has 0 spiro atoms. The van der Waals surface area contributed by atoms with E-state index in [0.29, 0.717) is 0 Å². The molecule has 2 rings (SSSR count). The fourth-order valence-electron chi connectivity index (χ4n) is 1.83. The Kier molecular flexibility index (Phi) is 3.66. The average molecular weight is 262 g/mol. The zero-order valence-corrected chi connectivity index (χ0v) is 11.7. The van der Waals surface area contributed by atoms with Gasteiger partial charge in [0.1, 0.15) is 5.75 Å².